The molecule has 0 N–H and O–H groups in total. The monoisotopic (exact) mass is 510 g/mol. The van der Waals surface area contributed by atoms with Crippen molar-refractivity contribution in [3.05, 3.63) is 78.2 Å². The highest BCUT2D eigenvalue weighted by atomic mass is 16.5. The molecule has 0 radical (unpaired) electrons. The quantitative estimate of drug-likeness (QED) is 0.358. The molecule has 9 nitrogen and oxygen atoms in total. The second-order valence-electron chi connectivity index (χ2n) is 9.35. The highest BCUT2D eigenvalue weighted by Crippen LogP contribution is 2.31. The van der Waals surface area contributed by atoms with E-state index in [0.29, 0.717) is 42.9 Å². The fourth-order valence-corrected chi connectivity index (χ4v) is 4.56. The van der Waals surface area contributed by atoms with Gasteiger partial charge in [0.2, 0.25) is 5.91 Å². The summed E-state index contributed by atoms with van der Waals surface area (Å²) >= 11 is 0. The number of aromatic nitrogens is 3. The first-order chi connectivity index (χ1) is 18.6. The van der Waals surface area contributed by atoms with E-state index in [2.05, 4.69) is 16.1 Å². The standard InChI is InChI=1S/C29H30N6O3/c1-21(37-2)20-38-25-15-26(29-24(16-30)18-32-35(29)19-25)23-8-9-27(31-17-23)33-10-12-34(13-11-33)28(36)14-22-6-4-3-5-7-22/h3-9,15,17-19,21H,10-14,20H2,1-2H3. The van der Waals surface area contributed by atoms with Gasteiger partial charge in [0, 0.05) is 50.6 Å². The number of carbonyl (C=O) groups excluding carboxylic acids is 1. The molecule has 0 bridgehead atoms. The van der Waals surface area contributed by atoms with Gasteiger partial charge in [-0.2, -0.15) is 10.4 Å². The van der Waals surface area contributed by atoms with Crippen LogP contribution < -0.4 is 9.64 Å². The van der Waals surface area contributed by atoms with Crippen molar-refractivity contribution in [3.63, 3.8) is 0 Å². The molecule has 4 heterocycles. The number of anilines is 1. The summed E-state index contributed by atoms with van der Waals surface area (Å²) in [5.74, 6) is 1.64. The topological polar surface area (TPSA) is 96.0 Å². The summed E-state index contributed by atoms with van der Waals surface area (Å²) in [6, 6.07) is 18.0. The minimum Gasteiger partial charge on any atom is -0.489 e. The van der Waals surface area contributed by atoms with Crippen LogP contribution in [0.25, 0.3) is 16.6 Å². The van der Waals surface area contributed by atoms with Crippen molar-refractivity contribution >= 4 is 17.2 Å². The zero-order valence-electron chi connectivity index (χ0n) is 21.6. The molecule has 1 fully saturated rings. The average molecular weight is 511 g/mol. The molecule has 1 aliphatic heterocycles. The second-order valence-corrected chi connectivity index (χ2v) is 9.35. The molecule has 9 heteroatoms. The van der Waals surface area contributed by atoms with Gasteiger partial charge < -0.3 is 19.3 Å². The van der Waals surface area contributed by atoms with Gasteiger partial charge in [-0.15, -0.1) is 0 Å². The Morgan fingerprint density at radius 2 is 1.89 bits per heavy atom. The Labute approximate surface area is 221 Å². The zero-order chi connectivity index (χ0) is 26.5. The highest BCUT2D eigenvalue weighted by Gasteiger charge is 2.22. The largest absolute Gasteiger partial charge is 0.489 e. The number of benzene rings is 1. The van der Waals surface area contributed by atoms with Crippen molar-refractivity contribution in [2.75, 3.05) is 44.8 Å². The molecule has 38 heavy (non-hydrogen) atoms. The summed E-state index contributed by atoms with van der Waals surface area (Å²) in [5.41, 5.74) is 3.90. The second kappa shape index (κ2) is 11.3. The number of hydrogen-bond acceptors (Lipinski definition) is 7. The van der Waals surface area contributed by atoms with E-state index in [9.17, 15) is 10.1 Å². The molecule has 1 aromatic carbocycles. The number of piperazine rings is 1. The molecule has 3 aromatic heterocycles. The lowest BCUT2D eigenvalue weighted by atomic mass is 10.1. The summed E-state index contributed by atoms with van der Waals surface area (Å²) in [4.78, 5) is 21.6. The number of carbonyl (C=O) groups is 1. The minimum atomic E-state index is -0.0588. The molecular formula is C29H30N6O3. The van der Waals surface area contributed by atoms with E-state index >= 15 is 0 Å². The maximum Gasteiger partial charge on any atom is 0.227 e. The third-order valence-corrected chi connectivity index (χ3v) is 6.81. The van der Waals surface area contributed by atoms with Gasteiger partial charge in [-0.3, -0.25) is 4.79 Å². The van der Waals surface area contributed by atoms with Crippen LogP contribution in [0.1, 0.15) is 18.1 Å². The molecule has 194 valence electrons. The van der Waals surface area contributed by atoms with E-state index in [4.69, 9.17) is 14.5 Å². The SMILES string of the molecule is COC(C)COc1cc(-c2ccc(N3CCN(C(=O)Cc4ccccc4)CC3)nc2)c2c(C#N)cnn2c1. The number of amides is 1. The number of nitriles is 1. The maximum absolute atomic E-state index is 12.7. The van der Waals surface area contributed by atoms with Gasteiger partial charge in [-0.05, 0) is 30.7 Å². The summed E-state index contributed by atoms with van der Waals surface area (Å²) < 4.78 is 12.9. The Bertz CT molecular complexity index is 1440. The smallest absolute Gasteiger partial charge is 0.227 e. The predicted molar refractivity (Wildman–Crippen MR) is 144 cm³/mol. The van der Waals surface area contributed by atoms with Gasteiger partial charge >= 0.3 is 0 Å². The van der Waals surface area contributed by atoms with E-state index < -0.39 is 0 Å². The van der Waals surface area contributed by atoms with Crippen molar-refractivity contribution in [2.45, 2.75) is 19.4 Å². The fourth-order valence-electron chi connectivity index (χ4n) is 4.56. The van der Waals surface area contributed by atoms with E-state index in [0.717, 1.165) is 35.6 Å². The molecule has 1 amide bonds. The van der Waals surface area contributed by atoms with E-state index in [1.807, 2.05) is 66.6 Å². The van der Waals surface area contributed by atoms with Crippen LogP contribution >= 0.6 is 0 Å². The van der Waals surface area contributed by atoms with Crippen LogP contribution in [0.3, 0.4) is 0 Å². The van der Waals surface area contributed by atoms with Gasteiger partial charge in [0.25, 0.3) is 0 Å². The van der Waals surface area contributed by atoms with Crippen LogP contribution in [-0.4, -0.2) is 71.4 Å². The van der Waals surface area contributed by atoms with Crippen LogP contribution in [-0.2, 0) is 16.0 Å². The van der Waals surface area contributed by atoms with Gasteiger partial charge in [0.15, 0.2) is 0 Å². The fraction of sp³-hybridized carbons (Fsp3) is 0.310. The summed E-state index contributed by atoms with van der Waals surface area (Å²) in [5, 5.41) is 14.0. The lowest BCUT2D eigenvalue weighted by Crippen LogP contribution is -2.49. The first kappa shape index (κ1) is 25.2. The van der Waals surface area contributed by atoms with Gasteiger partial charge in [-0.25, -0.2) is 9.50 Å². The Morgan fingerprint density at radius 3 is 2.58 bits per heavy atom. The van der Waals surface area contributed by atoms with Crippen LogP contribution in [0.2, 0.25) is 0 Å². The number of ether oxygens (including phenoxy) is 2. The van der Waals surface area contributed by atoms with Crippen molar-refractivity contribution in [1.82, 2.24) is 19.5 Å². The first-order valence-corrected chi connectivity index (χ1v) is 12.7. The van der Waals surface area contributed by atoms with Gasteiger partial charge in [0.05, 0.1) is 36.0 Å². The molecular weight excluding hydrogens is 480 g/mol. The predicted octanol–water partition coefficient (Wildman–Crippen LogP) is 3.57. The molecule has 1 atom stereocenters. The summed E-state index contributed by atoms with van der Waals surface area (Å²) in [7, 11) is 1.64. The minimum absolute atomic E-state index is 0.0588. The molecule has 4 aromatic rings. The van der Waals surface area contributed by atoms with Crippen molar-refractivity contribution < 1.29 is 14.3 Å². The lowest BCUT2D eigenvalue weighted by Gasteiger charge is -2.35. The number of fused-ring (bicyclic) bond motifs is 1. The lowest BCUT2D eigenvalue weighted by molar-refractivity contribution is -0.130. The summed E-state index contributed by atoms with van der Waals surface area (Å²) in [6.45, 7) is 5.10. The Hall–Kier alpha value is -4.42. The number of pyridine rings is 2. The van der Waals surface area contributed by atoms with Gasteiger partial charge in [-0.1, -0.05) is 30.3 Å². The van der Waals surface area contributed by atoms with Crippen LogP contribution in [0.4, 0.5) is 5.82 Å². The number of nitrogens with zero attached hydrogens (tertiary/aromatic N) is 6. The van der Waals surface area contributed by atoms with Gasteiger partial charge in [0.1, 0.15) is 24.2 Å². The normalized spacial score (nSPS) is 14.3. The molecule has 0 spiro atoms. The Balaban J connectivity index is 1.30. The Kier molecular flexibility index (Phi) is 7.52. The summed E-state index contributed by atoms with van der Waals surface area (Å²) in [6.07, 6.45) is 5.50. The van der Waals surface area contributed by atoms with Crippen LogP contribution in [0, 0.1) is 11.3 Å². The third kappa shape index (κ3) is 5.45. The zero-order valence-corrected chi connectivity index (χ0v) is 21.6. The number of rotatable bonds is 8. The molecule has 1 aliphatic rings. The van der Waals surface area contributed by atoms with Crippen molar-refractivity contribution in [3.8, 4) is 22.9 Å². The van der Waals surface area contributed by atoms with E-state index in [1.165, 1.54) is 0 Å². The maximum atomic E-state index is 12.7. The molecule has 1 unspecified atom stereocenters. The van der Waals surface area contributed by atoms with Crippen molar-refractivity contribution in [1.29, 1.82) is 5.26 Å². The highest BCUT2D eigenvalue weighted by molar-refractivity contribution is 5.85. The molecule has 5 rings (SSSR count). The van der Waals surface area contributed by atoms with E-state index in [-0.39, 0.29) is 12.0 Å². The Morgan fingerprint density at radius 1 is 1.11 bits per heavy atom. The van der Waals surface area contributed by atoms with Crippen LogP contribution in [0.5, 0.6) is 5.75 Å². The molecule has 0 saturated carbocycles. The average Bonchev–Trinajstić information content (AvgIpc) is 3.39. The van der Waals surface area contributed by atoms with Crippen molar-refractivity contribution in [2.24, 2.45) is 0 Å². The van der Waals surface area contributed by atoms with E-state index in [1.54, 1.807) is 24.0 Å². The van der Waals surface area contributed by atoms with Crippen LogP contribution in [0.15, 0.2) is 67.1 Å². The molecule has 0 aliphatic carbocycles. The number of hydrogen-bond donors (Lipinski definition) is 0. The third-order valence-electron chi connectivity index (χ3n) is 6.81. The molecule has 1 saturated heterocycles. The number of methoxy groups -OCH3 is 1. The first-order valence-electron chi connectivity index (χ1n) is 12.7.